The summed E-state index contributed by atoms with van der Waals surface area (Å²) in [5.41, 5.74) is 1.80. The number of carboxylic acids is 1. The van der Waals surface area contributed by atoms with E-state index < -0.39 is 12.0 Å². The molecular formula is C15H16N2O2S. The predicted molar refractivity (Wildman–Crippen MR) is 82.7 cm³/mol. The average molecular weight is 288 g/mol. The molecule has 5 heteroatoms. The Morgan fingerprint density at radius 2 is 2.20 bits per heavy atom. The van der Waals surface area contributed by atoms with E-state index in [0.717, 1.165) is 16.5 Å². The molecule has 20 heavy (non-hydrogen) atoms. The monoisotopic (exact) mass is 288 g/mol. The summed E-state index contributed by atoms with van der Waals surface area (Å²) in [6, 6.07) is 8.99. The van der Waals surface area contributed by atoms with Crippen LogP contribution in [0, 0.1) is 0 Å². The van der Waals surface area contributed by atoms with Gasteiger partial charge in [-0.1, -0.05) is 48.2 Å². The van der Waals surface area contributed by atoms with E-state index >= 15 is 0 Å². The predicted octanol–water partition coefficient (Wildman–Crippen LogP) is 2.96. The van der Waals surface area contributed by atoms with E-state index in [4.69, 9.17) is 0 Å². The molecule has 0 saturated heterocycles. The molecule has 1 heterocycles. The van der Waals surface area contributed by atoms with Crippen LogP contribution in [-0.4, -0.2) is 22.0 Å². The molecule has 2 N–H and O–H groups in total. The molecule has 104 valence electrons. The number of carboxylic acid groups (broad SMARTS) is 1. The highest BCUT2D eigenvalue weighted by molar-refractivity contribution is 8.13. The summed E-state index contributed by atoms with van der Waals surface area (Å²) in [4.78, 5) is 16.0. The normalized spacial score (nSPS) is 18.2. The first kappa shape index (κ1) is 14.4. The van der Waals surface area contributed by atoms with Gasteiger partial charge in [-0.3, -0.25) is 0 Å². The summed E-state index contributed by atoms with van der Waals surface area (Å²) in [7, 11) is 0. The van der Waals surface area contributed by atoms with Crippen LogP contribution >= 0.6 is 11.8 Å². The maximum absolute atomic E-state index is 11.5. The third kappa shape index (κ3) is 3.11. The highest BCUT2D eigenvalue weighted by Crippen LogP contribution is 2.31. The Kier molecular flexibility index (Phi) is 4.63. The second-order valence-electron chi connectivity index (χ2n) is 4.32. The van der Waals surface area contributed by atoms with Gasteiger partial charge < -0.3 is 10.4 Å². The minimum absolute atomic E-state index is 0.291. The van der Waals surface area contributed by atoms with Crippen molar-refractivity contribution < 1.29 is 9.90 Å². The maximum Gasteiger partial charge on any atom is 0.335 e. The number of allylic oxidation sites excluding steroid dienone is 1. The molecule has 1 aliphatic heterocycles. The first-order chi connectivity index (χ1) is 9.63. The van der Waals surface area contributed by atoms with Crippen LogP contribution in [0.25, 0.3) is 0 Å². The fourth-order valence-corrected chi connectivity index (χ4v) is 2.69. The second kappa shape index (κ2) is 6.43. The lowest BCUT2D eigenvalue weighted by Gasteiger charge is -2.24. The number of amidine groups is 1. The summed E-state index contributed by atoms with van der Waals surface area (Å²) in [6.07, 6.45) is 1.79. The Bertz CT molecular complexity index is 579. The molecule has 1 aromatic carbocycles. The number of nitrogens with zero attached hydrogens (tertiary/aromatic N) is 1. The minimum atomic E-state index is -0.944. The van der Waals surface area contributed by atoms with E-state index in [2.05, 4.69) is 16.9 Å². The molecule has 0 amide bonds. The van der Waals surface area contributed by atoms with Crippen LogP contribution in [0.5, 0.6) is 0 Å². The number of aliphatic imine (C=N–C) groups is 1. The number of nitrogens with one attached hydrogen (secondary N) is 1. The van der Waals surface area contributed by atoms with Gasteiger partial charge in [0.2, 0.25) is 0 Å². The largest absolute Gasteiger partial charge is 0.478 e. The number of hydrogen-bond donors (Lipinski definition) is 2. The van der Waals surface area contributed by atoms with Gasteiger partial charge in [-0.05, 0) is 12.5 Å². The fraction of sp³-hybridized carbons (Fsp3) is 0.200. The van der Waals surface area contributed by atoms with Gasteiger partial charge in [0.05, 0.1) is 5.57 Å². The van der Waals surface area contributed by atoms with Gasteiger partial charge in [0.1, 0.15) is 6.04 Å². The Balaban J connectivity index is 2.39. The van der Waals surface area contributed by atoms with E-state index in [1.54, 1.807) is 13.0 Å². The molecule has 1 unspecified atom stereocenters. The van der Waals surface area contributed by atoms with E-state index in [1.807, 2.05) is 30.3 Å². The molecular weight excluding hydrogens is 272 g/mol. The molecule has 1 aliphatic rings. The number of rotatable bonds is 4. The number of carbonyl (C=O) groups is 1. The van der Waals surface area contributed by atoms with Crippen LogP contribution in [0.4, 0.5) is 0 Å². The standard InChI is InChI=1S/C15H16N2O2S/c1-3-9-20-15-16-10(2)12(14(18)19)13(17-15)11-7-5-4-6-8-11/h3-8,13H,1,9H2,2H3,(H,16,17)(H,18,19). The van der Waals surface area contributed by atoms with Crippen molar-refractivity contribution in [2.24, 2.45) is 4.99 Å². The van der Waals surface area contributed by atoms with Gasteiger partial charge >= 0.3 is 5.97 Å². The first-order valence-electron chi connectivity index (χ1n) is 6.21. The number of benzene rings is 1. The van der Waals surface area contributed by atoms with Crippen molar-refractivity contribution in [2.45, 2.75) is 13.0 Å². The lowest BCUT2D eigenvalue weighted by molar-refractivity contribution is -0.133. The number of aliphatic carboxylic acids is 1. The molecule has 4 nitrogen and oxygen atoms in total. The number of thioether (sulfide) groups is 1. The van der Waals surface area contributed by atoms with Crippen molar-refractivity contribution in [1.82, 2.24) is 5.32 Å². The van der Waals surface area contributed by atoms with Gasteiger partial charge in [0.15, 0.2) is 5.17 Å². The van der Waals surface area contributed by atoms with Crippen molar-refractivity contribution in [2.75, 3.05) is 5.75 Å². The topological polar surface area (TPSA) is 61.7 Å². The van der Waals surface area contributed by atoms with Gasteiger partial charge in [-0.2, -0.15) is 0 Å². The fourth-order valence-electron chi connectivity index (χ4n) is 2.01. The molecule has 0 fully saturated rings. The van der Waals surface area contributed by atoms with Crippen LogP contribution in [0.15, 0.2) is 59.2 Å². The molecule has 0 aromatic heterocycles. The van der Waals surface area contributed by atoms with Gasteiger partial charge in [-0.25, -0.2) is 9.79 Å². The van der Waals surface area contributed by atoms with Crippen LogP contribution in [0.3, 0.4) is 0 Å². The molecule has 0 aliphatic carbocycles. The zero-order chi connectivity index (χ0) is 14.5. The summed E-state index contributed by atoms with van der Waals surface area (Å²) in [5, 5.41) is 13.2. The summed E-state index contributed by atoms with van der Waals surface area (Å²) in [6.45, 7) is 5.44. The number of hydrogen-bond acceptors (Lipinski definition) is 4. The lowest BCUT2D eigenvalue weighted by Crippen LogP contribution is -2.29. The minimum Gasteiger partial charge on any atom is -0.478 e. The van der Waals surface area contributed by atoms with E-state index in [0.29, 0.717) is 11.3 Å². The van der Waals surface area contributed by atoms with Crippen LogP contribution in [0.2, 0.25) is 0 Å². The maximum atomic E-state index is 11.5. The molecule has 0 spiro atoms. The first-order valence-corrected chi connectivity index (χ1v) is 7.19. The van der Waals surface area contributed by atoms with Crippen molar-refractivity contribution in [1.29, 1.82) is 0 Å². The summed E-state index contributed by atoms with van der Waals surface area (Å²) >= 11 is 1.51. The van der Waals surface area contributed by atoms with Crippen LogP contribution in [-0.2, 0) is 4.79 Å². The van der Waals surface area contributed by atoms with Gasteiger partial charge in [0.25, 0.3) is 0 Å². The molecule has 0 saturated carbocycles. The lowest BCUT2D eigenvalue weighted by atomic mass is 9.97. The van der Waals surface area contributed by atoms with Crippen molar-refractivity contribution in [3.8, 4) is 0 Å². The van der Waals surface area contributed by atoms with Gasteiger partial charge in [-0.15, -0.1) is 6.58 Å². The summed E-state index contributed by atoms with van der Waals surface area (Å²) in [5.74, 6) is -0.219. The second-order valence-corrected chi connectivity index (χ2v) is 5.32. The third-order valence-electron chi connectivity index (χ3n) is 2.90. The SMILES string of the molecule is C=CCSC1=NC(c2ccccc2)C(C(=O)O)=C(C)N1. The summed E-state index contributed by atoms with van der Waals surface area (Å²) < 4.78 is 0. The van der Waals surface area contributed by atoms with E-state index in [-0.39, 0.29) is 0 Å². The molecule has 0 bridgehead atoms. The average Bonchev–Trinajstić information content (AvgIpc) is 2.45. The zero-order valence-electron chi connectivity index (χ0n) is 11.2. The Hall–Kier alpha value is -2.01. The van der Waals surface area contributed by atoms with Crippen molar-refractivity contribution in [3.05, 3.63) is 59.8 Å². The smallest absolute Gasteiger partial charge is 0.335 e. The van der Waals surface area contributed by atoms with Crippen molar-refractivity contribution >= 4 is 22.9 Å². The van der Waals surface area contributed by atoms with Crippen LogP contribution in [0.1, 0.15) is 18.5 Å². The van der Waals surface area contributed by atoms with Crippen LogP contribution < -0.4 is 5.32 Å². The molecule has 1 atom stereocenters. The highest BCUT2D eigenvalue weighted by Gasteiger charge is 2.28. The Morgan fingerprint density at radius 3 is 2.80 bits per heavy atom. The third-order valence-corrected chi connectivity index (χ3v) is 3.79. The quantitative estimate of drug-likeness (QED) is 0.836. The molecule has 1 aromatic rings. The van der Waals surface area contributed by atoms with E-state index in [1.165, 1.54) is 11.8 Å². The Morgan fingerprint density at radius 1 is 1.50 bits per heavy atom. The highest BCUT2D eigenvalue weighted by atomic mass is 32.2. The van der Waals surface area contributed by atoms with E-state index in [9.17, 15) is 9.90 Å². The van der Waals surface area contributed by atoms with Crippen molar-refractivity contribution in [3.63, 3.8) is 0 Å². The zero-order valence-corrected chi connectivity index (χ0v) is 12.0. The molecule has 0 radical (unpaired) electrons. The van der Waals surface area contributed by atoms with Gasteiger partial charge in [0, 0.05) is 11.4 Å². The Labute approximate surface area is 122 Å². The molecule has 2 rings (SSSR count).